The standard InChI is InChI=1S/C26H32N2O4/c1-23(2)15-9-11-25(13-15,19(23)29)21(31)27-17-5-7-18(8-6-17)28-22(32)26-12-10-16(14-26)24(3,4)20(26)30/h5-8,15-16H,9-14H2,1-4H3,(H,27,31)(H,28,32)/t15-,16-,25-,26+/m0/s1. The number of rotatable bonds is 4. The van der Waals surface area contributed by atoms with Crippen LogP contribution < -0.4 is 10.6 Å². The van der Waals surface area contributed by atoms with Gasteiger partial charge in [0.05, 0.1) is 0 Å². The number of carbonyl (C=O) groups excluding carboxylic acids is 4. The largest absolute Gasteiger partial charge is 0.325 e. The second kappa shape index (κ2) is 6.52. The van der Waals surface area contributed by atoms with Gasteiger partial charge in [0.2, 0.25) is 11.8 Å². The molecule has 0 aromatic heterocycles. The van der Waals surface area contributed by atoms with Crippen LogP contribution in [0.3, 0.4) is 0 Å². The minimum atomic E-state index is -0.908. The first kappa shape index (κ1) is 21.4. The number of fused-ring (bicyclic) bond motifs is 4. The molecule has 4 bridgehead atoms. The third kappa shape index (κ3) is 2.64. The van der Waals surface area contributed by atoms with Gasteiger partial charge in [-0.1, -0.05) is 27.7 Å². The SMILES string of the molecule is CC1(C)C(=O)[C@@]2(C(=O)Nc3ccc(NC(=O)[C@@]45CC[C@@H](C4)C(C)(C)C5=O)cc3)CC[C@H]1C2. The van der Waals surface area contributed by atoms with E-state index in [4.69, 9.17) is 0 Å². The molecule has 0 radical (unpaired) electrons. The lowest BCUT2D eigenvalue weighted by atomic mass is 9.70. The van der Waals surface area contributed by atoms with Gasteiger partial charge in [0.25, 0.3) is 0 Å². The van der Waals surface area contributed by atoms with Crippen LogP contribution in [0.1, 0.15) is 66.2 Å². The Morgan fingerprint density at radius 2 is 1.06 bits per heavy atom. The van der Waals surface area contributed by atoms with E-state index in [-0.39, 0.29) is 35.2 Å². The Morgan fingerprint density at radius 1 is 0.719 bits per heavy atom. The summed E-state index contributed by atoms with van der Waals surface area (Å²) in [7, 11) is 0. The van der Waals surface area contributed by atoms with Crippen LogP contribution in [0.2, 0.25) is 0 Å². The highest BCUT2D eigenvalue weighted by atomic mass is 16.2. The van der Waals surface area contributed by atoms with Crippen LogP contribution in [0.15, 0.2) is 24.3 Å². The molecule has 1 aromatic carbocycles. The maximum absolute atomic E-state index is 13.1. The van der Waals surface area contributed by atoms with E-state index in [1.165, 1.54) is 0 Å². The summed E-state index contributed by atoms with van der Waals surface area (Å²) in [6.07, 6.45) is 4.32. The summed E-state index contributed by atoms with van der Waals surface area (Å²) >= 11 is 0. The predicted molar refractivity (Wildman–Crippen MR) is 121 cm³/mol. The quantitative estimate of drug-likeness (QED) is 0.686. The lowest BCUT2D eigenvalue weighted by molar-refractivity contribution is -0.143. The molecule has 6 nitrogen and oxygen atoms in total. The normalized spacial score (nSPS) is 35.9. The minimum Gasteiger partial charge on any atom is -0.325 e. The summed E-state index contributed by atoms with van der Waals surface area (Å²) < 4.78 is 0. The Labute approximate surface area is 188 Å². The van der Waals surface area contributed by atoms with E-state index >= 15 is 0 Å². The van der Waals surface area contributed by atoms with Crippen LogP contribution in [0.5, 0.6) is 0 Å². The van der Waals surface area contributed by atoms with Gasteiger partial charge in [-0.2, -0.15) is 0 Å². The van der Waals surface area contributed by atoms with Crippen molar-refractivity contribution in [2.45, 2.75) is 66.2 Å². The second-order valence-electron chi connectivity index (χ2n) is 11.6. The molecular formula is C26H32N2O4. The first-order valence-electron chi connectivity index (χ1n) is 11.8. The summed E-state index contributed by atoms with van der Waals surface area (Å²) in [6.45, 7) is 7.81. The molecule has 5 rings (SSSR count). The maximum atomic E-state index is 13.1. The van der Waals surface area contributed by atoms with E-state index in [0.717, 1.165) is 12.8 Å². The van der Waals surface area contributed by atoms with Gasteiger partial charge in [-0.25, -0.2) is 0 Å². The minimum absolute atomic E-state index is 0.0564. The third-order valence-corrected chi connectivity index (χ3v) is 9.38. The lowest BCUT2D eigenvalue weighted by Crippen LogP contribution is -2.44. The van der Waals surface area contributed by atoms with E-state index in [1.54, 1.807) is 24.3 Å². The predicted octanol–water partition coefficient (Wildman–Crippen LogP) is 4.35. The van der Waals surface area contributed by atoms with Crippen molar-refractivity contribution in [2.75, 3.05) is 10.6 Å². The number of benzene rings is 1. The zero-order valence-electron chi connectivity index (χ0n) is 19.3. The monoisotopic (exact) mass is 436 g/mol. The molecule has 170 valence electrons. The Kier molecular flexibility index (Phi) is 4.35. The van der Waals surface area contributed by atoms with Gasteiger partial charge >= 0.3 is 0 Å². The molecule has 0 spiro atoms. The summed E-state index contributed by atoms with van der Waals surface area (Å²) in [5, 5.41) is 5.85. The molecule has 0 heterocycles. The van der Waals surface area contributed by atoms with Gasteiger partial charge in [0.1, 0.15) is 10.8 Å². The third-order valence-electron chi connectivity index (χ3n) is 9.38. The first-order chi connectivity index (χ1) is 14.9. The van der Waals surface area contributed by atoms with Gasteiger partial charge in [-0.15, -0.1) is 0 Å². The summed E-state index contributed by atoms with van der Waals surface area (Å²) in [5.41, 5.74) is -1.49. The molecule has 0 aliphatic heterocycles. The van der Waals surface area contributed by atoms with Crippen molar-refractivity contribution in [3.63, 3.8) is 0 Å². The molecule has 4 atom stereocenters. The molecule has 2 amide bonds. The van der Waals surface area contributed by atoms with Gasteiger partial charge in [-0.05, 0) is 74.6 Å². The van der Waals surface area contributed by atoms with Gasteiger partial charge in [0.15, 0.2) is 11.6 Å². The average molecular weight is 437 g/mol. The molecule has 4 fully saturated rings. The zero-order chi connectivity index (χ0) is 23.1. The number of hydrogen-bond donors (Lipinski definition) is 2. The fourth-order valence-electron chi connectivity index (χ4n) is 7.10. The van der Waals surface area contributed by atoms with Gasteiger partial charge in [-0.3, -0.25) is 19.2 Å². The van der Waals surface area contributed by atoms with Crippen LogP contribution in [0.25, 0.3) is 0 Å². The van der Waals surface area contributed by atoms with Crippen molar-refractivity contribution in [2.24, 2.45) is 33.5 Å². The van der Waals surface area contributed by atoms with E-state index in [9.17, 15) is 19.2 Å². The van der Waals surface area contributed by atoms with E-state index in [2.05, 4.69) is 10.6 Å². The Balaban J connectivity index is 1.27. The van der Waals surface area contributed by atoms with E-state index in [1.807, 2.05) is 27.7 Å². The van der Waals surface area contributed by atoms with Gasteiger partial charge in [0, 0.05) is 22.2 Å². The number of ketones is 2. The van der Waals surface area contributed by atoms with Crippen LogP contribution in [-0.2, 0) is 19.2 Å². The number of carbonyl (C=O) groups is 4. The molecule has 0 unspecified atom stereocenters. The van der Waals surface area contributed by atoms with Crippen molar-refractivity contribution in [3.05, 3.63) is 24.3 Å². The Bertz CT molecular complexity index is 957. The number of hydrogen-bond acceptors (Lipinski definition) is 4. The molecule has 0 saturated heterocycles. The second-order valence-corrected chi connectivity index (χ2v) is 11.6. The summed E-state index contributed by atoms with van der Waals surface area (Å²) in [4.78, 5) is 52.0. The fourth-order valence-corrected chi connectivity index (χ4v) is 7.10. The molecular weight excluding hydrogens is 404 g/mol. The average Bonchev–Trinajstić information content (AvgIpc) is 3.47. The number of anilines is 2. The fraction of sp³-hybridized carbons (Fsp3) is 0.615. The number of nitrogens with one attached hydrogen (secondary N) is 2. The molecule has 4 aliphatic rings. The highest BCUT2D eigenvalue weighted by Gasteiger charge is 2.66. The van der Waals surface area contributed by atoms with Crippen molar-refractivity contribution < 1.29 is 19.2 Å². The zero-order valence-corrected chi connectivity index (χ0v) is 19.3. The van der Waals surface area contributed by atoms with Crippen molar-refractivity contribution in [1.29, 1.82) is 0 Å². The van der Waals surface area contributed by atoms with Crippen LogP contribution in [0.4, 0.5) is 11.4 Å². The molecule has 4 saturated carbocycles. The Hall–Kier alpha value is -2.50. The number of amides is 2. The van der Waals surface area contributed by atoms with Crippen LogP contribution in [-0.4, -0.2) is 23.4 Å². The molecule has 1 aromatic rings. The highest BCUT2D eigenvalue weighted by molar-refractivity contribution is 6.16. The molecule has 4 aliphatic carbocycles. The highest BCUT2D eigenvalue weighted by Crippen LogP contribution is 2.61. The van der Waals surface area contributed by atoms with E-state index in [0.29, 0.717) is 37.1 Å². The number of Topliss-reactive ketones (excluding diaryl/α,β-unsaturated/α-hetero) is 2. The van der Waals surface area contributed by atoms with Crippen molar-refractivity contribution in [1.82, 2.24) is 0 Å². The van der Waals surface area contributed by atoms with Crippen LogP contribution in [0, 0.1) is 33.5 Å². The summed E-state index contributed by atoms with van der Waals surface area (Å²) in [6, 6.07) is 6.93. The van der Waals surface area contributed by atoms with E-state index < -0.39 is 21.7 Å². The molecule has 32 heavy (non-hydrogen) atoms. The summed E-state index contributed by atoms with van der Waals surface area (Å²) in [5.74, 6) is 0.221. The topological polar surface area (TPSA) is 92.3 Å². The van der Waals surface area contributed by atoms with Crippen molar-refractivity contribution >= 4 is 34.8 Å². The molecule has 6 heteroatoms. The van der Waals surface area contributed by atoms with Crippen LogP contribution >= 0.6 is 0 Å². The first-order valence-corrected chi connectivity index (χ1v) is 11.8. The smallest absolute Gasteiger partial charge is 0.238 e. The molecule has 2 N–H and O–H groups in total. The lowest BCUT2D eigenvalue weighted by Gasteiger charge is -2.32. The van der Waals surface area contributed by atoms with Crippen molar-refractivity contribution in [3.8, 4) is 0 Å². The Morgan fingerprint density at radius 3 is 1.34 bits per heavy atom. The van der Waals surface area contributed by atoms with Gasteiger partial charge < -0.3 is 10.6 Å². The maximum Gasteiger partial charge on any atom is 0.238 e.